The Morgan fingerprint density at radius 2 is 1.02 bits per heavy atom. The number of likely N-dealkylation sites (N-methyl/N-ethyl adjacent to an activating group) is 2. The molecule has 4 aromatic carbocycles. The van der Waals surface area contributed by atoms with Gasteiger partial charge in [-0.2, -0.15) is 10.5 Å². The van der Waals surface area contributed by atoms with E-state index in [0.29, 0.717) is 70.9 Å². The first-order valence-corrected chi connectivity index (χ1v) is 29.0. The largest absolute Gasteiger partial charge is 0.507 e. The first-order valence-electron chi connectivity index (χ1n) is 28.4. The molecule has 21 nitrogen and oxygen atoms in total. The number of aryl methyl sites for hydroxylation is 2. The number of fused-ring (bicyclic) bond motifs is 18. The Kier molecular flexibility index (Phi) is 19.3. The molecule has 3 amide bonds. The van der Waals surface area contributed by atoms with E-state index in [-0.39, 0.29) is 198 Å². The fourth-order valence-electron chi connectivity index (χ4n) is 15.0. The van der Waals surface area contributed by atoms with Crippen LogP contribution < -0.4 is 40.6 Å². The molecule has 0 aliphatic carbocycles. The molecule has 4 aromatic rings. The number of hydrogen-bond donors (Lipinski definition) is 8. The van der Waals surface area contributed by atoms with Gasteiger partial charge in [0, 0.05) is 182 Å². The molecular weight excluding hydrogens is 1540 g/mol. The second kappa shape index (κ2) is 25.3. The third-order valence-corrected chi connectivity index (χ3v) is 19.6. The number of piperazine rings is 2. The van der Waals surface area contributed by atoms with Gasteiger partial charge in [-0.05, 0) is 129 Å². The number of nitrogens with zero attached hydrogens (tertiary/aromatic N) is 6. The van der Waals surface area contributed by atoms with Crippen molar-refractivity contribution in [1.29, 1.82) is 10.5 Å². The number of nitrogens with one attached hydrogen (secondary N) is 3. The molecule has 0 saturated carbocycles. The number of aromatic hydroxyl groups is 4. The van der Waals surface area contributed by atoms with Crippen molar-refractivity contribution >= 4 is 29.3 Å². The summed E-state index contributed by atoms with van der Waals surface area (Å²) in [4.78, 5) is 46.7. The summed E-state index contributed by atoms with van der Waals surface area (Å²) in [6, 6.07) is 4.33. The maximum atomic E-state index is 13.2. The number of phenols is 4. The van der Waals surface area contributed by atoms with Crippen LogP contribution in [0.15, 0.2) is 12.1 Å². The van der Waals surface area contributed by atoms with Crippen molar-refractivity contribution in [2.45, 2.75) is 160 Å². The predicted octanol–water partition coefficient (Wildman–Crippen LogP) is 4.76. The quantitative estimate of drug-likeness (QED) is 0.105. The number of carbonyl (C=O) groups excluding carboxylic acids is 3. The number of benzene rings is 4. The van der Waals surface area contributed by atoms with E-state index >= 15 is 0 Å². The maximum absolute atomic E-state index is 13.2. The Morgan fingerprint density at radius 1 is 0.624 bits per heavy atom. The van der Waals surface area contributed by atoms with Crippen LogP contribution in [0.4, 0.5) is 0 Å². The summed E-state index contributed by atoms with van der Waals surface area (Å²) in [6.07, 6.45) is 2.11. The van der Waals surface area contributed by atoms with E-state index in [1.54, 1.807) is 27.7 Å². The summed E-state index contributed by atoms with van der Waals surface area (Å²) in [5.74, 6) is 1.91. The van der Waals surface area contributed by atoms with Crippen LogP contribution >= 0.6 is 11.6 Å². The van der Waals surface area contributed by atoms with Crippen LogP contribution in [0.25, 0.3) is 0 Å². The molecule has 24 heteroatoms. The molecule has 2 unspecified atom stereocenters. The summed E-state index contributed by atoms with van der Waals surface area (Å²) >= 11 is 5.69. The molecule has 8 aliphatic rings. The fraction of sp³-hybridized carbons (Fsp3) is 0.525. The molecule has 0 aromatic heterocycles. The minimum absolute atomic E-state index is 0. The van der Waals surface area contributed by atoms with Crippen LogP contribution in [-0.4, -0.2) is 153 Å². The van der Waals surface area contributed by atoms with Gasteiger partial charge in [0.15, 0.2) is 23.0 Å². The van der Waals surface area contributed by atoms with Gasteiger partial charge in [0.2, 0.25) is 31.3 Å². The Morgan fingerprint density at radius 3 is 1.41 bits per heavy atom. The smallest absolute Gasteiger partial charge is 0.242 e. The number of nitrogens with two attached hydrogens (primary N) is 1. The van der Waals surface area contributed by atoms with Gasteiger partial charge in [-0.1, -0.05) is 12.1 Å². The van der Waals surface area contributed by atoms with Crippen molar-refractivity contribution in [1.82, 2.24) is 35.6 Å². The minimum atomic E-state index is -0.810. The Labute approximate surface area is 571 Å². The molecular formula is C61H73Ac2ClN10O11. The van der Waals surface area contributed by atoms with Crippen LogP contribution in [0.5, 0.6) is 46.0 Å². The third kappa shape index (κ3) is 10.6. The minimum Gasteiger partial charge on any atom is -0.507 e. The zero-order chi connectivity index (χ0) is 59.5. The van der Waals surface area contributed by atoms with Crippen LogP contribution in [0.3, 0.4) is 0 Å². The monoisotopic (exact) mass is 1610 g/mol. The molecule has 4 bridgehead atoms. The van der Waals surface area contributed by atoms with Crippen LogP contribution in [0, 0.1) is 152 Å². The molecule has 12 atom stereocenters. The van der Waals surface area contributed by atoms with E-state index in [4.69, 9.17) is 36.3 Å². The third-order valence-electron chi connectivity index (χ3n) is 19.4. The van der Waals surface area contributed by atoms with E-state index in [9.17, 15) is 45.3 Å². The van der Waals surface area contributed by atoms with Crippen LogP contribution in [-0.2, 0) is 40.1 Å². The Hall–Kier alpha value is -4.36. The number of rotatable bonds is 9. The second-order valence-corrected chi connectivity index (χ2v) is 24.1. The van der Waals surface area contributed by atoms with Crippen molar-refractivity contribution in [2.75, 3.05) is 46.7 Å². The van der Waals surface area contributed by atoms with Crippen molar-refractivity contribution in [3.05, 3.63) is 90.0 Å². The average Bonchev–Trinajstić information content (AvgIpc) is 1.23. The molecule has 2 fully saturated rings. The molecule has 8 aliphatic heterocycles. The van der Waals surface area contributed by atoms with E-state index < -0.39 is 42.2 Å². The molecule has 85 heavy (non-hydrogen) atoms. The number of ether oxygens (including phenoxy) is 4. The number of alkyl halides is 1. The van der Waals surface area contributed by atoms with Crippen LogP contribution in [0.2, 0.25) is 0 Å². The Bertz CT molecular complexity index is 3490. The van der Waals surface area contributed by atoms with Gasteiger partial charge in [0.05, 0.1) is 42.3 Å². The summed E-state index contributed by atoms with van der Waals surface area (Å²) in [7, 11) is 4.01. The molecule has 9 N–H and O–H groups in total. The zero-order valence-corrected chi connectivity index (χ0v) is 59.8. The number of carbonyl (C=O) groups is 3. The molecule has 12 rings (SSSR count). The number of nitriles is 2. The number of hydrogen-bond acceptors (Lipinski definition) is 18. The zero-order valence-electron chi connectivity index (χ0n) is 49.6. The van der Waals surface area contributed by atoms with Gasteiger partial charge in [0.1, 0.15) is 41.1 Å². The number of amides is 3. The average molecular weight is 1610 g/mol. The van der Waals surface area contributed by atoms with E-state index in [2.05, 4.69) is 59.8 Å². The first-order chi connectivity index (χ1) is 39.6. The van der Waals surface area contributed by atoms with Gasteiger partial charge >= 0.3 is 0 Å². The standard InChI is InChI=1S/C32H38ClN5O6.C29H35N5O5.2Ac/c1-14-8-18-9-20-22(11-34)38-21(27(37(20)5)25(18)29(41)15(14)2)10-19-26(31-30(43-13-44-31)16(3)28(19)40)23(38)12-35-32(42)17(4)36-24(39)6-7-33;1-12-6-16-7-18-20(9-30)34-19(24(33(18)5)22(16)26(36)13(12)2)8-17-23(21(34)10-32-29(37)15(4)31)28-27(38-11-39-28)14(3)25(17)35;;/h8,17,20-23,27,40-41H,6-7,9-10,12-13H2,1-5H3,(H,35,42)(H,36,39);6,15,18-21,24,35-36H,7-8,10-11,31H2,1-5H3,(H,32,37);;/t17-,20-,21?,22-,23-,27-;15-,18-,19?,20-,21-,24-;;/m00../s1. The molecule has 446 valence electrons. The number of halogens is 1. The van der Waals surface area contributed by atoms with Gasteiger partial charge < -0.3 is 61.1 Å². The molecule has 8 heterocycles. The van der Waals surface area contributed by atoms with Crippen molar-refractivity contribution < 1.29 is 142 Å². The Balaban J connectivity index is 0.000000200. The molecule has 2 saturated heterocycles. The summed E-state index contributed by atoms with van der Waals surface area (Å²) in [5.41, 5.74) is 17.3. The van der Waals surface area contributed by atoms with Crippen molar-refractivity contribution in [3.63, 3.8) is 0 Å². The van der Waals surface area contributed by atoms with E-state index in [1.165, 1.54) is 0 Å². The SMILES string of the molecule is Cc1cc2c(c(O)c1C)[C@@H]1C3Cc4c(O)c(C)c5c(c4[C@H](CNC(=O)[C@H](C)N)N3[C@@H](C#N)[C@H](C2)N1C)OCO5.Cc1cc2c(c(O)c1C)[C@@H]1C3Cc4c(O)c(C)c5c(c4[C@H](CNC(=O)[C@H](C)NC(=O)CCCl)N3[C@@H](C#N)[C@H](C2)N1C)OCO5.[Ac].[Ac]. The van der Waals surface area contributed by atoms with Crippen LogP contribution in [0.1, 0.15) is 122 Å². The second-order valence-electron chi connectivity index (χ2n) is 23.7. The van der Waals surface area contributed by atoms with Crippen molar-refractivity contribution in [2.24, 2.45) is 5.73 Å². The summed E-state index contributed by atoms with van der Waals surface area (Å²) in [6.45, 7) is 14.9. The summed E-state index contributed by atoms with van der Waals surface area (Å²) < 4.78 is 23.5. The van der Waals surface area contributed by atoms with Gasteiger partial charge in [-0.25, -0.2) is 0 Å². The predicted molar refractivity (Wildman–Crippen MR) is 305 cm³/mol. The van der Waals surface area contributed by atoms with Gasteiger partial charge in [-0.3, -0.25) is 34.0 Å². The van der Waals surface area contributed by atoms with Crippen molar-refractivity contribution in [3.8, 4) is 58.1 Å². The van der Waals surface area contributed by atoms with Gasteiger partial charge in [0.25, 0.3) is 0 Å². The first kappa shape index (κ1) is 65.1. The topological polar surface area (TPSA) is 292 Å². The summed E-state index contributed by atoms with van der Waals surface area (Å²) in [5, 5.41) is 75.9. The van der Waals surface area contributed by atoms with E-state index in [1.807, 2.05) is 41.8 Å². The molecule has 2 radical (unpaired) electrons. The maximum Gasteiger partial charge on any atom is 0.242 e. The number of phenolic OH excluding ortho intramolecular Hbond substituents is 4. The fourth-order valence-corrected chi connectivity index (χ4v) is 15.2. The van der Waals surface area contributed by atoms with E-state index in [0.717, 1.165) is 55.6 Å². The normalized spacial score (nSPS) is 26.0. The van der Waals surface area contributed by atoms with Gasteiger partial charge in [-0.15, -0.1) is 11.6 Å². The molecule has 0 spiro atoms.